The van der Waals surface area contributed by atoms with Crippen molar-refractivity contribution in [3.8, 4) is 23.0 Å². The number of nitrogens with zero attached hydrogens (tertiary/aromatic N) is 1. The van der Waals surface area contributed by atoms with E-state index in [0.717, 1.165) is 126 Å². The van der Waals surface area contributed by atoms with Gasteiger partial charge in [0.1, 0.15) is 11.9 Å². The number of phenolic OH excluding ortho intramolecular Hbond substituents is 2. The number of phenols is 2. The van der Waals surface area contributed by atoms with Gasteiger partial charge < -0.3 is 50.3 Å². The molecule has 1 heterocycles. The number of rotatable bonds is 17. The van der Waals surface area contributed by atoms with Crippen LogP contribution in [0.2, 0.25) is 0 Å². The predicted octanol–water partition coefficient (Wildman–Crippen LogP) is 10.2. The third kappa shape index (κ3) is 12.3. The topological polar surface area (TPSA) is 171 Å². The average molecular weight is 963 g/mol. The number of fused-ring (bicyclic) bond motifs is 4. The zero-order chi connectivity index (χ0) is 47.4. The van der Waals surface area contributed by atoms with E-state index in [0.29, 0.717) is 61.3 Å². The Morgan fingerprint density at radius 2 is 1.81 bits per heavy atom. The molecular formula is C53H78N4O8S2. The number of allylic oxidation sites excluding steroid dienone is 2. The summed E-state index contributed by atoms with van der Waals surface area (Å²) in [5.74, 6) is 3.46. The summed E-state index contributed by atoms with van der Waals surface area (Å²) in [5, 5.41) is 44.2. The minimum absolute atomic E-state index is 0.0169. The number of carbonyl (C=O) groups excluding carboxylic acids is 2. The van der Waals surface area contributed by atoms with Gasteiger partial charge in [0.25, 0.3) is 0 Å². The lowest BCUT2D eigenvalue weighted by atomic mass is 9.65. The molecule has 370 valence electrons. The molecule has 4 saturated carbocycles. The van der Waals surface area contributed by atoms with Crippen LogP contribution in [-0.2, 0) is 26.2 Å². The molecule has 7 rings (SSSR count). The van der Waals surface area contributed by atoms with E-state index in [1.165, 1.54) is 0 Å². The van der Waals surface area contributed by atoms with Crippen LogP contribution in [0.15, 0.2) is 47.5 Å². The first kappa shape index (κ1) is 51.4. The molecule has 2 aromatic carbocycles. The third-order valence-corrected chi connectivity index (χ3v) is 18.5. The molecule has 5 aliphatic rings. The van der Waals surface area contributed by atoms with Crippen LogP contribution >= 0.6 is 21.6 Å². The van der Waals surface area contributed by atoms with Crippen molar-refractivity contribution in [2.75, 3.05) is 44.7 Å². The predicted molar refractivity (Wildman–Crippen MR) is 271 cm³/mol. The molecule has 1 spiro atoms. The first-order valence-corrected chi connectivity index (χ1v) is 27.8. The first-order chi connectivity index (χ1) is 32.5. The second kappa shape index (κ2) is 23.9. The van der Waals surface area contributed by atoms with E-state index < -0.39 is 22.7 Å². The molecule has 1 aliphatic heterocycles. The number of guanidine groups is 1. The minimum Gasteiger partial charge on any atom is -0.504 e. The number of ketones is 1. The third-order valence-electron chi connectivity index (χ3n) is 16.2. The Balaban J connectivity index is 1.30. The molecule has 2 aromatic rings. The fraction of sp³-hybridized carbons (Fsp3) is 0.679. The van der Waals surface area contributed by atoms with Crippen LogP contribution in [0, 0.1) is 29.1 Å². The molecule has 14 heteroatoms. The Hall–Kier alpha value is -3.43. The van der Waals surface area contributed by atoms with Crippen molar-refractivity contribution in [3.63, 3.8) is 0 Å². The molecule has 6 N–H and O–H groups in total. The van der Waals surface area contributed by atoms with Crippen LogP contribution in [0.5, 0.6) is 23.0 Å². The van der Waals surface area contributed by atoms with Crippen LogP contribution in [-0.4, -0.2) is 90.7 Å². The van der Waals surface area contributed by atoms with Crippen molar-refractivity contribution in [2.24, 2.45) is 34.1 Å². The fourth-order valence-corrected chi connectivity index (χ4v) is 14.8. The Labute approximate surface area is 407 Å². The lowest BCUT2D eigenvalue weighted by molar-refractivity contribution is -0.143. The van der Waals surface area contributed by atoms with Gasteiger partial charge in [-0.3, -0.25) is 9.79 Å². The van der Waals surface area contributed by atoms with E-state index in [1.54, 1.807) is 41.8 Å². The largest absolute Gasteiger partial charge is 0.504 e. The number of carbonyl (C=O) groups is 2. The molecule has 0 amide bonds. The van der Waals surface area contributed by atoms with Gasteiger partial charge in [-0.2, -0.15) is 0 Å². The summed E-state index contributed by atoms with van der Waals surface area (Å²) in [5.41, 5.74) is 0.872. The summed E-state index contributed by atoms with van der Waals surface area (Å²) in [4.78, 5) is 31.8. The number of hydrogen-bond acceptors (Lipinski definition) is 12. The number of anilines is 1. The SMILES string of the molecule is CCC(CC=O)CCC1C=CC(=O)C2(Cc3ccc(O)c(OC)c3)CCCC2CSSCNC(=NC)Nc2cc(cc(OC3(CNC)CCC(CC(O)OC4CCCC4)C3)c2O)C12CCCC2. The Bertz CT molecular complexity index is 2020. The molecule has 0 aromatic heterocycles. The van der Waals surface area contributed by atoms with Crippen LogP contribution < -0.4 is 25.4 Å². The maximum Gasteiger partial charge on any atom is 0.196 e. The second-order valence-electron chi connectivity index (χ2n) is 20.3. The average Bonchev–Trinajstić information content (AvgIpc) is 4.17. The number of aliphatic imine (C=N–C) groups is 1. The number of aliphatic hydroxyl groups excluding tert-OH is 1. The zero-order valence-corrected chi connectivity index (χ0v) is 42.1. The number of likely N-dealkylation sites (N-methyl/N-ethyl adjacent to an activating group) is 1. The summed E-state index contributed by atoms with van der Waals surface area (Å²) in [6, 6.07) is 9.62. The number of benzene rings is 2. The Morgan fingerprint density at radius 1 is 1.00 bits per heavy atom. The second-order valence-corrected chi connectivity index (χ2v) is 22.8. The van der Waals surface area contributed by atoms with Crippen LogP contribution in [0.4, 0.5) is 5.69 Å². The zero-order valence-electron chi connectivity index (χ0n) is 40.5. The molecule has 12 nitrogen and oxygen atoms in total. The van der Waals surface area contributed by atoms with E-state index >= 15 is 4.79 Å². The highest BCUT2D eigenvalue weighted by Gasteiger charge is 2.49. The summed E-state index contributed by atoms with van der Waals surface area (Å²) in [6.45, 7) is 2.72. The molecule has 0 saturated heterocycles. The lowest BCUT2D eigenvalue weighted by Gasteiger charge is -2.39. The van der Waals surface area contributed by atoms with Crippen molar-refractivity contribution < 1.29 is 39.1 Å². The van der Waals surface area contributed by atoms with E-state index in [4.69, 9.17) is 14.2 Å². The fourth-order valence-electron chi connectivity index (χ4n) is 12.5. The monoisotopic (exact) mass is 963 g/mol. The smallest absolute Gasteiger partial charge is 0.196 e. The molecule has 7 unspecified atom stereocenters. The van der Waals surface area contributed by atoms with Crippen molar-refractivity contribution >= 4 is 45.3 Å². The van der Waals surface area contributed by atoms with Crippen LogP contribution in [0.3, 0.4) is 0 Å². The molecule has 0 radical (unpaired) electrons. The molecule has 2 bridgehead atoms. The quantitative estimate of drug-likeness (QED) is 0.0384. The lowest BCUT2D eigenvalue weighted by Crippen LogP contribution is -2.43. The van der Waals surface area contributed by atoms with E-state index in [1.807, 2.05) is 25.3 Å². The van der Waals surface area contributed by atoms with Crippen molar-refractivity contribution in [2.45, 2.75) is 159 Å². The molecule has 4 fully saturated rings. The highest BCUT2D eigenvalue weighted by Crippen LogP contribution is 2.55. The highest BCUT2D eigenvalue weighted by molar-refractivity contribution is 8.76. The number of aldehydes is 1. The maximum absolute atomic E-state index is 15.3. The highest BCUT2D eigenvalue weighted by atomic mass is 33.1. The molecular weight excluding hydrogens is 885 g/mol. The molecule has 67 heavy (non-hydrogen) atoms. The van der Waals surface area contributed by atoms with E-state index in [9.17, 15) is 20.1 Å². The maximum atomic E-state index is 15.3. The number of aromatic hydroxyl groups is 2. The van der Waals surface area contributed by atoms with Crippen LogP contribution in [0.25, 0.3) is 0 Å². The van der Waals surface area contributed by atoms with Gasteiger partial charge >= 0.3 is 0 Å². The van der Waals surface area contributed by atoms with Crippen LogP contribution in [0.1, 0.15) is 140 Å². The van der Waals surface area contributed by atoms with Gasteiger partial charge in [0, 0.05) is 43.0 Å². The van der Waals surface area contributed by atoms with Crippen molar-refractivity contribution in [3.05, 3.63) is 53.6 Å². The number of methoxy groups -OCH3 is 1. The van der Waals surface area contributed by atoms with E-state index in [-0.39, 0.29) is 47.1 Å². The molecule has 4 aliphatic carbocycles. The summed E-state index contributed by atoms with van der Waals surface area (Å²) in [6.07, 6.45) is 21.8. The first-order valence-electron chi connectivity index (χ1n) is 25.3. The van der Waals surface area contributed by atoms with Gasteiger partial charge in [0.05, 0.1) is 24.8 Å². The van der Waals surface area contributed by atoms with Gasteiger partial charge in [0.15, 0.2) is 41.0 Å². The number of hydrogen-bond donors (Lipinski definition) is 6. The Morgan fingerprint density at radius 3 is 2.54 bits per heavy atom. The summed E-state index contributed by atoms with van der Waals surface area (Å²) < 4.78 is 18.8. The van der Waals surface area contributed by atoms with Gasteiger partial charge in [-0.15, -0.1) is 0 Å². The van der Waals surface area contributed by atoms with Gasteiger partial charge in [-0.25, -0.2) is 0 Å². The van der Waals surface area contributed by atoms with Gasteiger partial charge in [-0.1, -0.05) is 79.2 Å². The van der Waals surface area contributed by atoms with Gasteiger partial charge in [-0.05, 0) is 149 Å². The Kier molecular flexibility index (Phi) is 18.4. The summed E-state index contributed by atoms with van der Waals surface area (Å²) in [7, 11) is 8.67. The number of nitrogens with one attached hydrogen (secondary N) is 3. The standard InChI is InChI=1S/C53H78N4O8S2/c1-5-36(21-26-58)14-16-39-17-19-47(60)53(32-37-15-18-44(59)45(27-37)63-4)24-10-11-40(53)33-66-67-35-56-50(55-3)57-43-29-41(52(39)22-8-9-23-52)30-46(49(43)62)65-51(34-54-2)25-20-38(31-51)28-48(61)64-42-12-6-7-13-42/h15,17-19,26-27,29-30,36,38-40,42,48,54,59,61-62H,5-14,16,20-25,28,31-35H2,1-4H3,(H2,55,56,57). The minimum atomic E-state index is -0.810. The normalized spacial score (nSPS) is 28.5. The molecule has 7 atom stereocenters. The summed E-state index contributed by atoms with van der Waals surface area (Å²) >= 11 is 0. The number of ether oxygens (including phenoxy) is 3. The van der Waals surface area contributed by atoms with Gasteiger partial charge in [0.2, 0.25) is 0 Å². The van der Waals surface area contributed by atoms with Crippen molar-refractivity contribution in [1.29, 1.82) is 0 Å². The number of aliphatic hydroxyl groups is 1. The van der Waals surface area contributed by atoms with E-state index in [2.05, 4.69) is 46.1 Å². The van der Waals surface area contributed by atoms with Crippen molar-refractivity contribution in [1.82, 2.24) is 10.6 Å².